The lowest BCUT2D eigenvalue weighted by atomic mass is 9.99. The first-order chi connectivity index (χ1) is 10.7. The second-order valence-electron chi connectivity index (χ2n) is 6.36. The maximum absolute atomic E-state index is 4.31. The van der Waals surface area contributed by atoms with Gasteiger partial charge in [0.15, 0.2) is 5.96 Å². The average molecular weight is 323 g/mol. The van der Waals surface area contributed by atoms with E-state index in [0.717, 1.165) is 31.5 Å². The van der Waals surface area contributed by atoms with Crippen LogP contribution >= 0.6 is 11.3 Å². The molecule has 0 saturated carbocycles. The van der Waals surface area contributed by atoms with Gasteiger partial charge in [0.1, 0.15) is 0 Å². The molecule has 1 saturated heterocycles. The van der Waals surface area contributed by atoms with Crippen LogP contribution in [0.15, 0.2) is 21.8 Å². The Morgan fingerprint density at radius 1 is 1.41 bits per heavy atom. The van der Waals surface area contributed by atoms with E-state index in [-0.39, 0.29) is 0 Å². The number of likely N-dealkylation sites (tertiary alicyclic amines) is 1. The van der Waals surface area contributed by atoms with E-state index in [2.05, 4.69) is 51.2 Å². The number of guanidine groups is 1. The number of hydrogen-bond acceptors (Lipinski definition) is 3. The summed E-state index contributed by atoms with van der Waals surface area (Å²) in [4.78, 5) is 6.86. The predicted molar refractivity (Wildman–Crippen MR) is 96.9 cm³/mol. The monoisotopic (exact) mass is 322 g/mol. The quantitative estimate of drug-likeness (QED) is 0.625. The molecule has 22 heavy (non-hydrogen) atoms. The van der Waals surface area contributed by atoms with Crippen molar-refractivity contribution in [3.63, 3.8) is 0 Å². The van der Waals surface area contributed by atoms with Gasteiger partial charge in [-0.15, -0.1) is 0 Å². The largest absolute Gasteiger partial charge is 0.356 e. The minimum absolute atomic E-state index is 0.508. The highest BCUT2D eigenvalue weighted by molar-refractivity contribution is 7.07. The molecule has 0 amide bonds. The molecule has 2 N–H and O–H groups in total. The van der Waals surface area contributed by atoms with E-state index < -0.39 is 0 Å². The van der Waals surface area contributed by atoms with E-state index in [0.29, 0.717) is 5.92 Å². The van der Waals surface area contributed by atoms with Crippen LogP contribution in [0.2, 0.25) is 0 Å². The number of aliphatic imine (C=N–C) groups is 1. The first kappa shape index (κ1) is 17.3. The third-order valence-electron chi connectivity index (χ3n) is 4.51. The minimum Gasteiger partial charge on any atom is -0.356 e. The average Bonchev–Trinajstić information content (AvgIpc) is 3.06. The number of hydrogen-bond donors (Lipinski definition) is 2. The lowest BCUT2D eigenvalue weighted by molar-refractivity contribution is 0.195. The van der Waals surface area contributed by atoms with Crippen molar-refractivity contribution >= 4 is 17.3 Å². The Balaban J connectivity index is 1.63. The van der Waals surface area contributed by atoms with Crippen molar-refractivity contribution in [3.8, 4) is 0 Å². The second kappa shape index (κ2) is 9.16. The summed E-state index contributed by atoms with van der Waals surface area (Å²) in [6.07, 6.45) is 2.68. The second-order valence-corrected chi connectivity index (χ2v) is 7.14. The zero-order chi connectivity index (χ0) is 15.8. The Kier molecular flexibility index (Phi) is 7.19. The van der Waals surface area contributed by atoms with Gasteiger partial charge in [0.25, 0.3) is 0 Å². The number of nitrogens with one attached hydrogen (secondary N) is 2. The van der Waals surface area contributed by atoms with Crippen molar-refractivity contribution in [3.05, 3.63) is 22.4 Å². The molecule has 0 radical (unpaired) electrons. The third kappa shape index (κ3) is 5.61. The summed E-state index contributed by atoms with van der Waals surface area (Å²) in [5, 5.41) is 11.2. The lowest BCUT2D eigenvalue weighted by Crippen LogP contribution is -2.44. The topological polar surface area (TPSA) is 39.7 Å². The summed E-state index contributed by atoms with van der Waals surface area (Å²) in [7, 11) is 1.84. The Bertz CT molecular complexity index is 436. The molecule has 4 nitrogen and oxygen atoms in total. The zero-order valence-electron chi connectivity index (χ0n) is 14.1. The number of thiophene rings is 1. The molecule has 1 atom stereocenters. The van der Waals surface area contributed by atoms with Crippen LogP contribution in [0.1, 0.15) is 38.2 Å². The van der Waals surface area contributed by atoms with Gasteiger partial charge in [-0.3, -0.25) is 4.99 Å². The van der Waals surface area contributed by atoms with Crippen LogP contribution in [0, 0.1) is 5.92 Å². The number of piperidine rings is 1. The number of rotatable bonds is 6. The minimum atomic E-state index is 0.508. The van der Waals surface area contributed by atoms with Gasteiger partial charge in [-0.05, 0) is 60.2 Å². The van der Waals surface area contributed by atoms with E-state index in [9.17, 15) is 0 Å². The standard InChI is InChI=1S/C17H30N4S/c1-14-4-8-21(9-5-14)10-7-19-17(18-3)20-12-15(2)16-6-11-22-13-16/h6,11,13-15H,4-5,7-10,12H2,1-3H3,(H2,18,19,20). The molecule has 1 aliphatic heterocycles. The fourth-order valence-corrected chi connectivity index (χ4v) is 3.54. The third-order valence-corrected chi connectivity index (χ3v) is 5.21. The molecule has 1 aliphatic rings. The van der Waals surface area contributed by atoms with Crippen LogP contribution in [-0.4, -0.2) is 50.6 Å². The Morgan fingerprint density at radius 3 is 2.82 bits per heavy atom. The van der Waals surface area contributed by atoms with E-state index in [1.807, 2.05) is 7.05 Å². The first-order valence-corrected chi connectivity index (χ1v) is 9.32. The van der Waals surface area contributed by atoms with Gasteiger partial charge in [0, 0.05) is 26.7 Å². The molecular formula is C17H30N4S. The summed E-state index contributed by atoms with van der Waals surface area (Å²) in [6, 6.07) is 2.20. The van der Waals surface area contributed by atoms with Crippen molar-refractivity contribution in [1.82, 2.24) is 15.5 Å². The zero-order valence-corrected chi connectivity index (χ0v) is 15.0. The summed E-state index contributed by atoms with van der Waals surface area (Å²) in [5.41, 5.74) is 1.40. The van der Waals surface area contributed by atoms with Crippen LogP contribution in [0.4, 0.5) is 0 Å². The highest BCUT2D eigenvalue weighted by Crippen LogP contribution is 2.17. The van der Waals surface area contributed by atoms with Gasteiger partial charge in [0.05, 0.1) is 0 Å². The Labute approximate surface area is 139 Å². The molecule has 1 unspecified atom stereocenters. The van der Waals surface area contributed by atoms with Crippen LogP contribution in [-0.2, 0) is 0 Å². The van der Waals surface area contributed by atoms with Crippen LogP contribution in [0.3, 0.4) is 0 Å². The van der Waals surface area contributed by atoms with Crippen LogP contribution < -0.4 is 10.6 Å². The van der Waals surface area contributed by atoms with E-state index in [1.165, 1.54) is 31.5 Å². The van der Waals surface area contributed by atoms with E-state index in [1.54, 1.807) is 11.3 Å². The van der Waals surface area contributed by atoms with Crippen molar-refractivity contribution in [2.45, 2.75) is 32.6 Å². The maximum atomic E-state index is 4.31. The van der Waals surface area contributed by atoms with Crippen molar-refractivity contribution in [2.75, 3.05) is 39.8 Å². The SMILES string of the molecule is CN=C(NCCN1CCC(C)CC1)NCC(C)c1ccsc1. The van der Waals surface area contributed by atoms with Crippen molar-refractivity contribution in [1.29, 1.82) is 0 Å². The van der Waals surface area contributed by atoms with Gasteiger partial charge >= 0.3 is 0 Å². The van der Waals surface area contributed by atoms with E-state index >= 15 is 0 Å². The van der Waals surface area contributed by atoms with Crippen LogP contribution in [0.5, 0.6) is 0 Å². The van der Waals surface area contributed by atoms with Crippen molar-refractivity contribution in [2.24, 2.45) is 10.9 Å². The Morgan fingerprint density at radius 2 is 2.18 bits per heavy atom. The Hall–Kier alpha value is -1.07. The molecule has 0 spiro atoms. The molecule has 1 aromatic rings. The summed E-state index contributed by atoms with van der Waals surface area (Å²) >= 11 is 1.76. The fraction of sp³-hybridized carbons (Fsp3) is 0.706. The lowest BCUT2D eigenvalue weighted by Gasteiger charge is -2.30. The molecule has 2 heterocycles. The molecule has 0 bridgehead atoms. The fourth-order valence-electron chi connectivity index (χ4n) is 2.76. The van der Waals surface area contributed by atoms with E-state index in [4.69, 9.17) is 0 Å². The molecule has 1 fully saturated rings. The van der Waals surface area contributed by atoms with Gasteiger partial charge in [0.2, 0.25) is 0 Å². The normalized spacial score (nSPS) is 19.1. The summed E-state index contributed by atoms with van der Waals surface area (Å²) < 4.78 is 0. The molecule has 2 rings (SSSR count). The molecular weight excluding hydrogens is 292 g/mol. The van der Waals surface area contributed by atoms with Gasteiger partial charge in [-0.1, -0.05) is 13.8 Å². The number of nitrogens with zero attached hydrogens (tertiary/aromatic N) is 2. The molecule has 5 heteroatoms. The molecule has 0 aliphatic carbocycles. The van der Waals surface area contributed by atoms with Crippen molar-refractivity contribution < 1.29 is 0 Å². The van der Waals surface area contributed by atoms with Gasteiger partial charge in [-0.2, -0.15) is 11.3 Å². The summed E-state index contributed by atoms with van der Waals surface area (Å²) in [5.74, 6) is 2.32. The maximum Gasteiger partial charge on any atom is 0.191 e. The predicted octanol–water partition coefficient (Wildman–Crippen LogP) is 2.75. The van der Waals surface area contributed by atoms with Crippen LogP contribution in [0.25, 0.3) is 0 Å². The smallest absolute Gasteiger partial charge is 0.191 e. The van der Waals surface area contributed by atoms with Gasteiger partial charge in [-0.25, -0.2) is 0 Å². The molecule has 1 aromatic heterocycles. The van der Waals surface area contributed by atoms with Gasteiger partial charge < -0.3 is 15.5 Å². The first-order valence-electron chi connectivity index (χ1n) is 8.38. The summed E-state index contributed by atoms with van der Waals surface area (Å²) in [6.45, 7) is 10.1. The highest BCUT2D eigenvalue weighted by atomic mass is 32.1. The molecule has 124 valence electrons. The molecule has 0 aromatic carbocycles. The highest BCUT2D eigenvalue weighted by Gasteiger charge is 2.15.